The lowest BCUT2D eigenvalue weighted by atomic mass is 10.2. The van der Waals surface area contributed by atoms with Crippen LogP contribution in [0.5, 0.6) is 5.75 Å². The molecule has 1 aromatic carbocycles. The molecule has 0 aliphatic carbocycles. The molecule has 0 spiro atoms. The maximum absolute atomic E-state index is 12.0. The van der Waals surface area contributed by atoms with Crippen LogP contribution in [-0.2, 0) is 19.5 Å². The van der Waals surface area contributed by atoms with Crippen molar-refractivity contribution in [3.05, 3.63) is 63.6 Å². The number of benzene rings is 1. The van der Waals surface area contributed by atoms with Crippen molar-refractivity contribution in [3.63, 3.8) is 0 Å². The third-order valence-electron chi connectivity index (χ3n) is 3.11. The van der Waals surface area contributed by atoms with Gasteiger partial charge < -0.3 is 9.30 Å². The van der Waals surface area contributed by atoms with Gasteiger partial charge in [0.05, 0.1) is 11.6 Å². The molecule has 0 saturated heterocycles. The molecule has 0 amide bonds. The number of alkyl halides is 1. The zero-order valence-electron chi connectivity index (χ0n) is 11.4. The second-order valence-electron chi connectivity index (χ2n) is 4.39. The summed E-state index contributed by atoms with van der Waals surface area (Å²) in [4.78, 5) is 12.0. The van der Waals surface area contributed by atoms with Gasteiger partial charge in [-0.25, -0.2) is 0 Å². The molecule has 0 bridgehead atoms. The number of aryl methyl sites for hydroxylation is 1. The summed E-state index contributed by atoms with van der Waals surface area (Å²) in [6, 6.07) is 11.3. The highest BCUT2D eigenvalue weighted by Gasteiger charge is 2.12. The molecule has 108 valence electrons. The van der Waals surface area contributed by atoms with Crippen molar-refractivity contribution >= 4 is 24.0 Å². The van der Waals surface area contributed by atoms with Gasteiger partial charge >= 0.3 is 0 Å². The summed E-state index contributed by atoms with van der Waals surface area (Å²) < 4.78 is 7.55. The number of rotatable bonds is 4. The molecule has 0 N–H and O–H groups in total. The number of halogens is 2. The first kappa shape index (κ1) is 16.6. The van der Waals surface area contributed by atoms with Crippen LogP contribution in [0.15, 0.2) is 41.2 Å². The third-order valence-corrected chi connectivity index (χ3v) is 3.37. The first-order chi connectivity index (χ1) is 9.13. The fraction of sp³-hybridized carbons (Fsp3) is 0.267. The van der Waals surface area contributed by atoms with Crippen LogP contribution in [-0.4, -0.2) is 4.57 Å². The monoisotopic (exact) mass is 313 g/mol. The molecule has 0 aliphatic heterocycles. The number of aromatic nitrogens is 1. The Morgan fingerprint density at radius 2 is 1.90 bits per heavy atom. The van der Waals surface area contributed by atoms with Gasteiger partial charge in [0.1, 0.15) is 6.61 Å². The van der Waals surface area contributed by atoms with Crippen LogP contribution >= 0.6 is 24.0 Å². The Balaban J connectivity index is 0.00000200. The van der Waals surface area contributed by atoms with Gasteiger partial charge in [-0.1, -0.05) is 30.3 Å². The number of nitrogens with zero attached hydrogens (tertiary/aromatic N) is 1. The molecular formula is C15H17Cl2NO2. The normalized spacial score (nSPS) is 9.95. The first-order valence-electron chi connectivity index (χ1n) is 6.05. The number of hydrogen-bond donors (Lipinski definition) is 0. The van der Waals surface area contributed by atoms with Crippen molar-refractivity contribution in [1.82, 2.24) is 4.57 Å². The quantitative estimate of drug-likeness (QED) is 0.810. The van der Waals surface area contributed by atoms with E-state index in [2.05, 4.69) is 0 Å². The van der Waals surface area contributed by atoms with Gasteiger partial charge in [-0.05, 0) is 12.5 Å². The molecule has 0 saturated carbocycles. The second-order valence-corrected chi connectivity index (χ2v) is 4.66. The zero-order chi connectivity index (χ0) is 13.8. The van der Waals surface area contributed by atoms with Crippen molar-refractivity contribution in [2.24, 2.45) is 7.05 Å². The van der Waals surface area contributed by atoms with Crippen molar-refractivity contribution < 1.29 is 4.74 Å². The molecule has 2 rings (SSSR count). The summed E-state index contributed by atoms with van der Waals surface area (Å²) in [6.45, 7) is 2.24. The third kappa shape index (κ3) is 3.56. The van der Waals surface area contributed by atoms with E-state index in [9.17, 15) is 4.79 Å². The van der Waals surface area contributed by atoms with E-state index in [1.807, 2.05) is 48.9 Å². The zero-order valence-corrected chi connectivity index (χ0v) is 13.0. The molecule has 0 atom stereocenters. The molecule has 0 radical (unpaired) electrons. The topological polar surface area (TPSA) is 31.2 Å². The van der Waals surface area contributed by atoms with Crippen LogP contribution in [0.4, 0.5) is 0 Å². The van der Waals surface area contributed by atoms with Gasteiger partial charge in [-0.2, -0.15) is 0 Å². The van der Waals surface area contributed by atoms with E-state index >= 15 is 0 Å². The average Bonchev–Trinajstić information content (AvgIpc) is 2.42. The van der Waals surface area contributed by atoms with E-state index < -0.39 is 0 Å². The summed E-state index contributed by atoms with van der Waals surface area (Å²) in [5.74, 6) is 0.587. The smallest absolute Gasteiger partial charge is 0.223 e. The van der Waals surface area contributed by atoms with E-state index in [1.54, 1.807) is 6.07 Å². The standard InChI is InChI=1S/C15H16ClNO2.ClH/c1-11-8-14(18)15(13(9-16)17(11)2)19-10-12-6-4-3-5-7-12;/h3-8H,9-10H2,1-2H3;1H. The Kier molecular flexibility index (Phi) is 6.11. The van der Waals surface area contributed by atoms with Crippen LogP contribution in [0, 0.1) is 6.92 Å². The highest BCUT2D eigenvalue weighted by molar-refractivity contribution is 6.17. The Hall–Kier alpha value is -1.45. The van der Waals surface area contributed by atoms with Crippen molar-refractivity contribution in [1.29, 1.82) is 0 Å². The Morgan fingerprint density at radius 3 is 2.50 bits per heavy atom. The van der Waals surface area contributed by atoms with Crippen LogP contribution in [0.25, 0.3) is 0 Å². The Labute approximate surface area is 129 Å². The van der Waals surface area contributed by atoms with Crippen molar-refractivity contribution in [3.8, 4) is 5.75 Å². The maximum Gasteiger partial charge on any atom is 0.223 e. The van der Waals surface area contributed by atoms with Crippen LogP contribution in [0.1, 0.15) is 17.0 Å². The van der Waals surface area contributed by atoms with Crippen LogP contribution in [0.3, 0.4) is 0 Å². The lowest BCUT2D eigenvalue weighted by molar-refractivity contribution is 0.297. The molecule has 3 nitrogen and oxygen atoms in total. The van der Waals surface area contributed by atoms with Gasteiger partial charge in [-0.15, -0.1) is 24.0 Å². The van der Waals surface area contributed by atoms with Crippen LogP contribution < -0.4 is 10.2 Å². The molecule has 5 heteroatoms. The van der Waals surface area contributed by atoms with Gasteiger partial charge in [-0.3, -0.25) is 4.79 Å². The maximum atomic E-state index is 12.0. The largest absolute Gasteiger partial charge is 0.483 e. The molecule has 1 heterocycles. The molecular weight excluding hydrogens is 297 g/mol. The molecule has 1 aromatic heterocycles. The van der Waals surface area contributed by atoms with Crippen molar-refractivity contribution in [2.75, 3.05) is 0 Å². The Morgan fingerprint density at radius 1 is 1.25 bits per heavy atom. The molecule has 0 aliphatic rings. The number of pyridine rings is 1. The predicted octanol–water partition coefficient (Wildman–Crippen LogP) is 3.43. The van der Waals surface area contributed by atoms with Gasteiger partial charge in [0.15, 0.2) is 5.75 Å². The average molecular weight is 314 g/mol. The SMILES string of the molecule is Cc1cc(=O)c(OCc2ccccc2)c(CCl)n1C.Cl. The molecule has 0 fully saturated rings. The number of hydrogen-bond acceptors (Lipinski definition) is 2. The van der Waals surface area contributed by atoms with E-state index in [-0.39, 0.29) is 23.7 Å². The summed E-state index contributed by atoms with van der Waals surface area (Å²) >= 11 is 5.92. The Bertz CT molecular complexity index is 624. The van der Waals surface area contributed by atoms with Gasteiger partial charge in [0.25, 0.3) is 0 Å². The fourth-order valence-corrected chi connectivity index (χ4v) is 2.19. The molecule has 2 aromatic rings. The van der Waals surface area contributed by atoms with E-state index in [1.165, 1.54) is 0 Å². The van der Waals surface area contributed by atoms with Crippen molar-refractivity contribution in [2.45, 2.75) is 19.4 Å². The minimum atomic E-state index is -0.123. The number of ether oxygens (including phenoxy) is 1. The molecule has 20 heavy (non-hydrogen) atoms. The lowest BCUT2D eigenvalue weighted by Gasteiger charge is -2.15. The minimum Gasteiger partial charge on any atom is -0.483 e. The van der Waals surface area contributed by atoms with Gasteiger partial charge in [0, 0.05) is 18.8 Å². The van der Waals surface area contributed by atoms with Crippen LogP contribution in [0.2, 0.25) is 0 Å². The highest BCUT2D eigenvalue weighted by atomic mass is 35.5. The van der Waals surface area contributed by atoms with E-state index in [0.717, 1.165) is 11.3 Å². The lowest BCUT2D eigenvalue weighted by Crippen LogP contribution is -2.17. The minimum absolute atomic E-state index is 0. The second kappa shape index (κ2) is 7.36. The summed E-state index contributed by atoms with van der Waals surface area (Å²) in [5, 5.41) is 0. The molecule has 0 unspecified atom stereocenters. The summed E-state index contributed by atoms with van der Waals surface area (Å²) in [5.41, 5.74) is 2.48. The van der Waals surface area contributed by atoms with E-state index in [4.69, 9.17) is 16.3 Å². The summed E-state index contributed by atoms with van der Waals surface area (Å²) in [6.07, 6.45) is 0. The highest BCUT2D eigenvalue weighted by Crippen LogP contribution is 2.18. The fourth-order valence-electron chi connectivity index (χ4n) is 1.89. The first-order valence-corrected chi connectivity index (χ1v) is 6.59. The summed E-state index contributed by atoms with van der Waals surface area (Å²) in [7, 11) is 1.88. The van der Waals surface area contributed by atoms with E-state index in [0.29, 0.717) is 18.1 Å². The van der Waals surface area contributed by atoms with Gasteiger partial charge in [0.2, 0.25) is 5.43 Å². The predicted molar refractivity (Wildman–Crippen MR) is 84.0 cm³/mol.